The van der Waals surface area contributed by atoms with Gasteiger partial charge in [-0.05, 0) is 6.42 Å². The van der Waals surface area contributed by atoms with Crippen molar-refractivity contribution in [2.24, 2.45) is 0 Å². The van der Waals surface area contributed by atoms with Gasteiger partial charge in [0.25, 0.3) is 10.1 Å². The Morgan fingerprint density at radius 3 is 2.33 bits per heavy atom. The van der Waals surface area contributed by atoms with Crippen molar-refractivity contribution in [3.05, 3.63) is 0 Å². The molecule has 0 saturated heterocycles. The molecule has 1 unspecified atom stereocenters. The van der Waals surface area contributed by atoms with Crippen molar-refractivity contribution in [1.29, 1.82) is 0 Å². The van der Waals surface area contributed by atoms with Crippen molar-refractivity contribution in [2.45, 2.75) is 32.3 Å². The zero-order valence-corrected chi connectivity index (χ0v) is 10.3. The molecule has 6 heteroatoms. The van der Waals surface area contributed by atoms with Crippen LogP contribution in [0.15, 0.2) is 0 Å². The first kappa shape index (κ1) is 15.3. The van der Waals surface area contributed by atoms with Crippen LogP contribution in [-0.4, -0.2) is 29.9 Å². The summed E-state index contributed by atoms with van der Waals surface area (Å²) in [7, 11) is -4.00. The molecule has 0 aliphatic heterocycles. The molecule has 0 aromatic rings. The normalized spacial score (nSPS) is 13.6. The summed E-state index contributed by atoms with van der Waals surface area (Å²) >= 11 is 0. The van der Waals surface area contributed by atoms with Crippen molar-refractivity contribution < 1.29 is 49.1 Å². The van der Waals surface area contributed by atoms with E-state index in [9.17, 15) is 8.42 Å². The fourth-order valence-electron chi connectivity index (χ4n) is 0.766. The molecule has 12 heavy (non-hydrogen) atoms. The van der Waals surface area contributed by atoms with Gasteiger partial charge >= 0.3 is 29.6 Å². The number of unbranched alkanes of at least 4 members (excludes halogenated alkanes) is 1. The quantitative estimate of drug-likeness (QED) is 0.386. The van der Waals surface area contributed by atoms with Gasteiger partial charge in [-0.25, -0.2) is 0 Å². The van der Waals surface area contributed by atoms with Gasteiger partial charge in [0, 0.05) is 0 Å². The summed E-state index contributed by atoms with van der Waals surface area (Å²) in [4.78, 5) is 0. The molecule has 0 radical (unpaired) electrons. The summed E-state index contributed by atoms with van der Waals surface area (Å²) in [6, 6.07) is 0. The molecule has 0 fully saturated rings. The van der Waals surface area contributed by atoms with Crippen LogP contribution >= 0.6 is 0 Å². The van der Waals surface area contributed by atoms with Crippen molar-refractivity contribution in [3.63, 3.8) is 0 Å². The third-order valence-corrected chi connectivity index (χ3v) is 2.10. The third-order valence-electron chi connectivity index (χ3n) is 1.29. The van der Waals surface area contributed by atoms with Gasteiger partial charge in [0.2, 0.25) is 0 Å². The average molecular weight is 206 g/mol. The largest absolute Gasteiger partial charge is 1.00 e. The molecule has 0 amide bonds. The van der Waals surface area contributed by atoms with Gasteiger partial charge in [0.05, 0.1) is 6.10 Å². The Morgan fingerprint density at radius 1 is 1.50 bits per heavy atom. The molecule has 0 aromatic heterocycles. The molecule has 2 N–H and O–H groups in total. The standard InChI is InChI=1S/C6H14O4S.Na.H/c1-2-3-4-6(7)5-11(8,9)10;;/h6-7H,2-5H2,1H3,(H,8,9,10);;/q;+1;-1. The Balaban J connectivity index is -0.000000500. The minimum atomic E-state index is -4.00. The Kier molecular flexibility index (Phi) is 9.32. The summed E-state index contributed by atoms with van der Waals surface area (Å²) in [6.45, 7) is 1.94. The monoisotopic (exact) mass is 206 g/mol. The molecule has 0 aromatic carbocycles. The molecule has 0 heterocycles. The van der Waals surface area contributed by atoms with Gasteiger partial charge in [0.15, 0.2) is 0 Å². The zero-order valence-electron chi connectivity index (χ0n) is 8.52. The molecule has 0 aliphatic rings. The molecule has 0 bridgehead atoms. The SMILES string of the molecule is CCCCC(O)CS(=O)(=O)O.[H-].[Na+]. The van der Waals surface area contributed by atoms with Crippen molar-refractivity contribution >= 4 is 10.1 Å². The predicted molar refractivity (Wildman–Crippen MR) is 43.1 cm³/mol. The second kappa shape index (κ2) is 7.29. The first-order valence-corrected chi connectivity index (χ1v) is 5.20. The molecule has 1 atom stereocenters. The van der Waals surface area contributed by atoms with E-state index in [1.54, 1.807) is 0 Å². The van der Waals surface area contributed by atoms with E-state index in [0.29, 0.717) is 6.42 Å². The van der Waals surface area contributed by atoms with Crippen LogP contribution in [-0.2, 0) is 10.1 Å². The number of hydrogen-bond acceptors (Lipinski definition) is 3. The van der Waals surface area contributed by atoms with E-state index < -0.39 is 22.0 Å². The molecule has 4 nitrogen and oxygen atoms in total. The fraction of sp³-hybridized carbons (Fsp3) is 1.00. The summed E-state index contributed by atoms with van der Waals surface area (Å²) in [5.74, 6) is -0.549. The first-order valence-electron chi connectivity index (χ1n) is 3.59. The van der Waals surface area contributed by atoms with E-state index in [1.165, 1.54) is 0 Å². The van der Waals surface area contributed by atoms with Crippen molar-refractivity contribution in [1.82, 2.24) is 0 Å². The Labute approximate surface area is 96.9 Å². The van der Waals surface area contributed by atoms with Gasteiger partial charge < -0.3 is 6.53 Å². The van der Waals surface area contributed by atoms with Gasteiger partial charge in [-0.1, -0.05) is 19.8 Å². The molecule has 0 aliphatic carbocycles. The third kappa shape index (κ3) is 10.9. The minimum Gasteiger partial charge on any atom is -1.00 e. The summed E-state index contributed by atoms with van der Waals surface area (Å²) in [5, 5.41) is 8.98. The van der Waals surface area contributed by atoms with Gasteiger partial charge in [-0.2, -0.15) is 8.42 Å². The van der Waals surface area contributed by atoms with Gasteiger partial charge in [-0.15, -0.1) is 0 Å². The van der Waals surface area contributed by atoms with E-state index in [2.05, 4.69) is 0 Å². The Morgan fingerprint density at radius 2 is 2.00 bits per heavy atom. The fourth-order valence-corrected chi connectivity index (χ4v) is 1.42. The number of aliphatic hydroxyl groups excluding tert-OH is 1. The summed E-state index contributed by atoms with van der Waals surface area (Å²) in [5.41, 5.74) is 0. The summed E-state index contributed by atoms with van der Waals surface area (Å²) < 4.78 is 28.7. The Hall–Kier alpha value is 0.870. The maximum absolute atomic E-state index is 10.2. The molecular formula is C6H15NaO4S. The van der Waals surface area contributed by atoms with Gasteiger partial charge in [-0.3, -0.25) is 4.55 Å². The van der Waals surface area contributed by atoms with Crippen LogP contribution in [0.25, 0.3) is 0 Å². The van der Waals surface area contributed by atoms with Crippen molar-refractivity contribution in [2.75, 3.05) is 5.75 Å². The number of aliphatic hydroxyl groups is 1. The van der Waals surface area contributed by atoms with Crippen LogP contribution in [0.4, 0.5) is 0 Å². The Bertz CT molecular complexity index is 195. The van der Waals surface area contributed by atoms with Crippen LogP contribution in [0, 0.1) is 0 Å². The van der Waals surface area contributed by atoms with E-state index in [-0.39, 0.29) is 31.0 Å². The topological polar surface area (TPSA) is 74.6 Å². The van der Waals surface area contributed by atoms with Crippen molar-refractivity contribution in [3.8, 4) is 0 Å². The van der Waals surface area contributed by atoms with Gasteiger partial charge in [0.1, 0.15) is 5.75 Å². The molecule has 70 valence electrons. The average Bonchev–Trinajstić information content (AvgIpc) is 1.79. The van der Waals surface area contributed by atoms with Crippen LogP contribution in [0.2, 0.25) is 0 Å². The van der Waals surface area contributed by atoms with E-state index in [0.717, 1.165) is 12.8 Å². The molecular weight excluding hydrogens is 191 g/mol. The summed E-state index contributed by atoms with van der Waals surface area (Å²) in [6.07, 6.45) is 1.18. The van der Waals surface area contributed by atoms with Crippen LogP contribution < -0.4 is 29.6 Å². The second-order valence-electron chi connectivity index (χ2n) is 2.54. The second-order valence-corrected chi connectivity index (χ2v) is 4.04. The van der Waals surface area contributed by atoms with Crippen LogP contribution in [0.3, 0.4) is 0 Å². The number of rotatable bonds is 5. The van der Waals surface area contributed by atoms with Crippen LogP contribution in [0.5, 0.6) is 0 Å². The van der Waals surface area contributed by atoms with E-state index >= 15 is 0 Å². The maximum atomic E-state index is 10.2. The molecule has 0 spiro atoms. The first-order chi connectivity index (χ1) is 4.95. The van der Waals surface area contributed by atoms with E-state index in [1.807, 2.05) is 6.92 Å². The maximum Gasteiger partial charge on any atom is 1.00 e. The number of hydrogen-bond donors (Lipinski definition) is 2. The molecule has 0 saturated carbocycles. The smallest absolute Gasteiger partial charge is 1.00 e. The predicted octanol–water partition coefficient (Wildman–Crippen LogP) is -2.46. The zero-order chi connectivity index (χ0) is 8.91. The minimum absolute atomic E-state index is 0. The molecule has 0 rings (SSSR count). The van der Waals surface area contributed by atoms with Crippen LogP contribution in [0.1, 0.15) is 27.6 Å². The van der Waals surface area contributed by atoms with E-state index in [4.69, 9.17) is 9.66 Å².